The number of aryl methyl sites for hydroxylation is 2. The highest BCUT2D eigenvalue weighted by atomic mass is 16.5. The zero-order valence-corrected chi connectivity index (χ0v) is 12.4. The summed E-state index contributed by atoms with van der Waals surface area (Å²) < 4.78 is 5.83. The van der Waals surface area contributed by atoms with Gasteiger partial charge >= 0.3 is 0 Å². The van der Waals surface area contributed by atoms with Crippen LogP contribution in [-0.2, 0) is 0 Å². The average Bonchev–Trinajstić information content (AvgIpc) is 2.40. The van der Waals surface area contributed by atoms with E-state index in [1.54, 1.807) is 0 Å². The van der Waals surface area contributed by atoms with Gasteiger partial charge in [0.25, 0.3) is 0 Å². The molecule has 1 saturated heterocycles. The number of hydrogen-bond donors (Lipinski definition) is 1. The summed E-state index contributed by atoms with van der Waals surface area (Å²) in [5.41, 5.74) is 2.62. The van der Waals surface area contributed by atoms with Gasteiger partial charge in [0.15, 0.2) is 0 Å². The van der Waals surface area contributed by atoms with E-state index in [2.05, 4.69) is 49.2 Å². The predicted octanol–water partition coefficient (Wildman–Crippen LogP) is 2.37. The molecule has 2 rings (SSSR count). The Morgan fingerprint density at radius 2 is 2.16 bits per heavy atom. The first-order chi connectivity index (χ1) is 9.16. The lowest BCUT2D eigenvalue weighted by atomic mass is 10.1. The minimum atomic E-state index is 0.648. The van der Waals surface area contributed by atoms with Crippen LogP contribution < -0.4 is 10.1 Å². The Morgan fingerprint density at radius 1 is 1.32 bits per heavy atom. The molecule has 0 aliphatic carbocycles. The van der Waals surface area contributed by atoms with Crippen molar-refractivity contribution in [2.45, 2.75) is 33.2 Å². The summed E-state index contributed by atoms with van der Waals surface area (Å²) in [6, 6.07) is 6.97. The van der Waals surface area contributed by atoms with E-state index in [1.165, 1.54) is 11.1 Å². The molecule has 3 nitrogen and oxygen atoms in total. The van der Waals surface area contributed by atoms with Gasteiger partial charge in [0.1, 0.15) is 5.75 Å². The van der Waals surface area contributed by atoms with Crippen LogP contribution in [0.2, 0.25) is 0 Å². The monoisotopic (exact) mass is 262 g/mol. The van der Waals surface area contributed by atoms with Crippen molar-refractivity contribution in [3.8, 4) is 5.75 Å². The maximum Gasteiger partial charge on any atom is 0.119 e. The van der Waals surface area contributed by atoms with E-state index >= 15 is 0 Å². The van der Waals surface area contributed by atoms with Crippen molar-refractivity contribution < 1.29 is 4.74 Å². The van der Waals surface area contributed by atoms with Gasteiger partial charge in [-0.2, -0.15) is 0 Å². The van der Waals surface area contributed by atoms with Gasteiger partial charge in [-0.25, -0.2) is 0 Å². The smallest absolute Gasteiger partial charge is 0.119 e. The van der Waals surface area contributed by atoms with Gasteiger partial charge in [-0.15, -0.1) is 0 Å². The van der Waals surface area contributed by atoms with Crippen LogP contribution in [0, 0.1) is 13.8 Å². The van der Waals surface area contributed by atoms with Crippen molar-refractivity contribution in [3.05, 3.63) is 29.3 Å². The number of nitrogens with one attached hydrogen (secondary N) is 1. The first-order valence-electron chi connectivity index (χ1n) is 7.31. The third-order valence-electron chi connectivity index (χ3n) is 3.98. The number of ether oxygens (including phenoxy) is 1. The van der Waals surface area contributed by atoms with Crippen molar-refractivity contribution in [1.29, 1.82) is 0 Å². The second-order valence-corrected chi connectivity index (χ2v) is 5.54. The van der Waals surface area contributed by atoms with Gasteiger partial charge < -0.3 is 10.1 Å². The molecular weight excluding hydrogens is 236 g/mol. The van der Waals surface area contributed by atoms with Crippen molar-refractivity contribution >= 4 is 0 Å². The third kappa shape index (κ3) is 4.22. The quantitative estimate of drug-likeness (QED) is 0.825. The van der Waals surface area contributed by atoms with Crippen LogP contribution in [0.15, 0.2) is 18.2 Å². The van der Waals surface area contributed by atoms with Crippen LogP contribution in [0.5, 0.6) is 5.75 Å². The fourth-order valence-corrected chi connectivity index (χ4v) is 2.48. The van der Waals surface area contributed by atoms with E-state index in [0.717, 1.165) is 45.0 Å². The number of rotatable bonds is 5. The Bertz CT molecular complexity index is 406. The summed E-state index contributed by atoms with van der Waals surface area (Å²) in [4.78, 5) is 2.54. The van der Waals surface area contributed by atoms with E-state index in [4.69, 9.17) is 4.74 Å². The van der Waals surface area contributed by atoms with Crippen LogP contribution in [0.4, 0.5) is 0 Å². The molecule has 0 spiro atoms. The number of nitrogens with zero attached hydrogens (tertiary/aromatic N) is 1. The standard InChI is InChI=1S/C16H26N2O/c1-13-5-6-16(11-14(13)2)19-10-4-8-18-9-7-17-12-15(18)3/h5-6,11,15,17H,4,7-10,12H2,1-3H3. The lowest BCUT2D eigenvalue weighted by Crippen LogP contribution is -2.50. The number of piperazine rings is 1. The molecule has 1 atom stereocenters. The van der Waals surface area contributed by atoms with Gasteiger partial charge in [0.2, 0.25) is 0 Å². The van der Waals surface area contributed by atoms with E-state index in [9.17, 15) is 0 Å². The van der Waals surface area contributed by atoms with Crippen LogP contribution in [0.3, 0.4) is 0 Å². The van der Waals surface area contributed by atoms with Gasteiger partial charge in [0, 0.05) is 32.2 Å². The van der Waals surface area contributed by atoms with Crippen molar-refractivity contribution in [1.82, 2.24) is 10.2 Å². The molecule has 0 aromatic heterocycles. The molecular formula is C16H26N2O. The highest BCUT2D eigenvalue weighted by molar-refractivity contribution is 5.33. The zero-order chi connectivity index (χ0) is 13.7. The molecule has 1 aromatic carbocycles. The molecule has 0 saturated carbocycles. The van der Waals surface area contributed by atoms with Gasteiger partial charge in [-0.3, -0.25) is 4.90 Å². The molecule has 0 radical (unpaired) electrons. The highest BCUT2D eigenvalue weighted by Crippen LogP contribution is 2.16. The first-order valence-corrected chi connectivity index (χ1v) is 7.31. The minimum Gasteiger partial charge on any atom is -0.494 e. The molecule has 1 fully saturated rings. The normalized spacial score (nSPS) is 20.5. The molecule has 19 heavy (non-hydrogen) atoms. The maximum absolute atomic E-state index is 5.83. The molecule has 1 unspecified atom stereocenters. The lowest BCUT2D eigenvalue weighted by molar-refractivity contribution is 0.160. The van der Waals surface area contributed by atoms with E-state index < -0.39 is 0 Å². The van der Waals surface area contributed by atoms with Crippen LogP contribution in [-0.4, -0.2) is 43.7 Å². The maximum atomic E-state index is 5.83. The summed E-state index contributed by atoms with van der Waals surface area (Å²) in [7, 11) is 0. The molecule has 1 aliphatic rings. The summed E-state index contributed by atoms with van der Waals surface area (Å²) in [5, 5.41) is 3.42. The van der Waals surface area contributed by atoms with E-state index in [0.29, 0.717) is 6.04 Å². The van der Waals surface area contributed by atoms with Crippen molar-refractivity contribution in [2.24, 2.45) is 0 Å². The summed E-state index contributed by atoms with van der Waals surface area (Å²) in [6.45, 7) is 11.9. The van der Waals surface area contributed by atoms with Gasteiger partial charge in [-0.1, -0.05) is 6.07 Å². The Labute approximate surface area is 116 Å². The van der Waals surface area contributed by atoms with Gasteiger partial charge in [0.05, 0.1) is 6.61 Å². The van der Waals surface area contributed by atoms with Crippen molar-refractivity contribution in [2.75, 3.05) is 32.8 Å². The molecule has 1 aliphatic heterocycles. The second-order valence-electron chi connectivity index (χ2n) is 5.54. The fourth-order valence-electron chi connectivity index (χ4n) is 2.48. The largest absolute Gasteiger partial charge is 0.494 e. The summed E-state index contributed by atoms with van der Waals surface area (Å²) >= 11 is 0. The molecule has 1 heterocycles. The topological polar surface area (TPSA) is 24.5 Å². The molecule has 0 amide bonds. The van der Waals surface area contributed by atoms with E-state index in [1.807, 2.05) is 0 Å². The minimum absolute atomic E-state index is 0.648. The van der Waals surface area contributed by atoms with E-state index in [-0.39, 0.29) is 0 Å². The Kier molecular flexibility index (Phi) is 5.23. The predicted molar refractivity (Wildman–Crippen MR) is 79.9 cm³/mol. The molecule has 106 valence electrons. The average molecular weight is 262 g/mol. The summed E-state index contributed by atoms with van der Waals surface area (Å²) in [6.07, 6.45) is 1.09. The van der Waals surface area contributed by atoms with Crippen LogP contribution in [0.25, 0.3) is 0 Å². The molecule has 1 aromatic rings. The molecule has 1 N–H and O–H groups in total. The Hall–Kier alpha value is -1.06. The third-order valence-corrected chi connectivity index (χ3v) is 3.98. The highest BCUT2D eigenvalue weighted by Gasteiger charge is 2.16. The number of hydrogen-bond acceptors (Lipinski definition) is 3. The molecule has 3 heteroatoms. The first kappa shape index (κ1) is 14.4. The van der Waals surface area contributed by atoms with Gasteiger partial charge in [-0.05, 0) is 50.5 Å². The zero-order valence-electron chi connectivity index (χ0n) is 12.4. The molecule has 0 bridgehead atoms. The lowest BCUT2D eigenvalue weighted by Gasteiger charge is -2.33. The fraction of sp³-hybridized carbons (Fsp3) is 0.625. The van der Waals surface area contributed by atoms with Crippen molar-refractivity contribution in [3.63, 3.8) is 0 Å². The Morgan fingerprint density at radius 3 is 2.89 bits per heavy atom. The van der Waals surface area contributed by atoms with Crippen LogP contribution in [0.1, 0.15) is 24.5 Å². The van der Waals surface area contributed by atoms with Crippen LogP contribution >= 0.6 is 0 Å². The second kappa shape index (κ2) is 6.92. The Balaban J connectivity index is 1.70. The summed E-state index contributed by atoms with van der Waals surface area (Å²) in [5.74, 6) is 0.997. The SMILES string of the molecule is Cc1ccc(OCCCN2CCNCC2C)cc1C. The number of benzene rings is 1.